The highest BCUT2D eigenvalue weighted by molar-refractivity contribution is 5.98. The molecule has 0 N–H and O–H groups in total. The number of benzene rings is 4. The van der Waals surface area contributed by atoms with Crippen LogP contribution in [0.1, 0.15) is 48.4 Å². The van der Waals surface area contributed by atoms with Crippen molar-refractivity contribution in [1.82, 2.24) is 0 Å². The van der Waals surface area contributed by atoms with Gasteiger partial charge in [0.1, 0.15) is 12.7 Å². The summed E-state index contributed by atoms with van der Waals surface area (Å²) in [6.07, 6.45) is -1.15. The Morgan fingerprint density at radius 2 is 0.844 bits per heavy atom. The fraction of sp³-hybridized carbons (Fsp3) is 0.316. The van der Waals surface area contributed by atoms with Gasteiger partial charge in [-0.15, -0.1) is 0 Å². The van der Waals surface area contributed by atoms with Crippen molar-refractivity contribution in [2.75, 3.05) is 26.4 Å². The highest BCUT2D eigenvalue weighted by atomic mass is 16.6. The van der Waals surface area contributed by atoms with Crippen LogP contribution in [0.2, 0.25) is 0 Å². The van der Waals surface area contributed by atoms with E-state index in [0.29, 0.717) is 24.3 Å². The van der Waals surface area contributed by atoms with E-state index < -0.39 is 6.10 Å². The maximum Gasteiger partial charge on any atom is 0.339 e. The molecule has 0 bridgehead atoms. The molecule has 0 aromatic heterocycles. The van der Waals surface area contributed by atoms with Crippen LogP contribution in [0, 0.1) is 0 Å². The molecule has 0 aliphatic rings. The van der Waals surface area contributed by atoms with Crippen molar-refractivity contribution in [2.24, 2.45) is 0 Å². The molecule has 0 saturated heterocycles. The lowest BCUT2D eigenvalue weighted by Gasteiger charge is -2.21. The average Bonchev–Trinajstić information content (AvgIpc) is 3.08. The Morgan fingerprint density at radius 3 is 1.33 bits per heavy atom. The normalized spacial score (nSPS) is 13.8. The summed E-state index contributed by atoms with van der Waals surface area (Å²) in [4.78, 5) is 25.8. The Hall–Kier alpha value is -4.30. The maximum absolute atomic E-state index is 12.9. The summed E-state index contributed by atoms with van der Waals surface area (Å²) >= 11 is 0. The first-order valence-corrected chi connectivity index (χ1v) is 15.3. The molecule has 0 spiro atoms. The molecule has 0 aliphatic carbocycles. The minimum Gasteiger partial charge on any atom is -0.459 e. The molecule has 4 aromatic rings. The third kappa shape index (κ3) is 10.4. The predicted octanol–water partition coefficient (Wildman–Crippen LogP) is 7.64. The van der Waals surface area contributed by atoms with Crippen LogP contribution in [0.3, 0.4) is 0 Å². The molecule has 236 valence electrons. The van der Waals surface area contributed by atoms with Crippen LogP contribution in [0.4, 0.5) is 0 Å². The Labute approximate surface area is 266 Å². The van der Waals surface area contributed by atoms with Gasteiger partial charge in [0.25, 0.3) is 0 Å². The quantitative estimate of drug-likeness (QED) is 0.121. The second kappa shape index (κ2) is 17.3. The number of hydrogen-bond acceptors (Lipinski definition) is 7. The molecule has 0 aliphatic heterocycles. The van der Waals surface area contributed by atoms with Gasteiger partial charge in [-0.3, -0.25) is 0 Å². The fourth-order valence-electron chi connectivity index (χ4n) is 4.66. The second-order valence-corrected chi connectivity index (χ2v) is 11.1. The molecular weight excluding hydrogens is 568 g/mol. The van der Waals surface area contributed by atoms with Gasteiger partial charge in [-0.05, 0) is 62.1 Å². The molecule has 45 heavy (non-hydrogen) atoms. The van der Waals surface area contributed by atoms with Gasteiger partial charge >= 0.3 is 11.9 Å². The first kappa shape index (κ1) is 33.6. The van der Waals surface area contributed by atoms with Crippen molar-refractivity contribution < 1.29 is 33.3 Å². The van der Waals surface area contributed by atoms with E-state index in [4.69, 9.17) is 23.7 Å². The number of hydrogen-bond donors (Lipinski definition) is 0. The first-order valence-electron chi connectivity index (χ1n) is 15.3. The molecule has 4 unspecified atom stereocenters. The van der Waals surface area contributed by atoms with Gasteiger partial charge in [-0.2, -0.15) is 0 Å². The molecule has 0 fully saturated rings. The van der Waals surface area contributed by atoms with E-state index in [1.165, 1.54) is 0 Å². The molecule has 0 amide bonds. The molecule has 0 heterocycles. The van der Waals surface area contributed by atoms with E-state index in [-0.39, 0.29) is 43.5 Å². The van der Waals surface area contributed by atoms with Gasteiger partial charge in [-0.25, -0.2) is 9.59 Å². The van der Waals surface area contributed by atoms with Crippen LogP contribution in [0.25, 0.3) is 22.3 Å². The minimum absolute atomic E-state index is 0.126. The van der Waals surface area contributed by atoms with Crippen molar-refractivity contribution in [3.05, 3.63) is 120 Å². The van der Waals surface area contributed by atoms with E-state index in [2.05, 4.69) is 0 Å². The number of ether oxygens (including phenoxy) is 5. The highest BCUT2D eigenvalue weighted by Gasteiger charge is 2.19. The van der Waals surface area contributed by atoms with Gasteiger partial charge < -0.3 is 23.7 Å². The number of carbonyl (C=O) groups excluding carboxylic acids is 2. The highest BCUT2D eigenvalue weighted by Crippen LogP contribution is 2.25. The van der Waals surface area contributed by atoms with E-state index in [1.807, 2.05) is 125 Å². The Balaban J connectivity index is 1.13. The summed E-state index contributed by atoms with van der Waals surface area (Å²) < 4.78 is 28.9. The molecular formula is C38H42O7. The topological polar surface area (TPSA) is 80.3 Å². The van der Waals surface area contributed by atoms with Crippen LogP contribution in [0.15, 0.2) is 109 Å². The van der Waals surface area contributed by atoms with Crippen LogP contribution >= 0.6 is 0 Å². The zero-order valence-electron chi connectivity index (χ0n) is 26.4. The summed E-state index contributed by atoms with van der Waals surface area (Å²) in [5, 5.41) is 0. The number of carbonyl (C=O) groups is 2. The monoisotopic (exact) mass is 610 g/mol. The van der Waals surface area contributed by atoms with E-state index >= 15 is 0 Å². The Kier molecular flexibility index (Phi) is 12.9. The summed E-state index contributed by atoms with van der Waals surface area (Å²) in [5.41, 5.74) is 4.60. The lowest BCUT2D eigenvalue weighted by Crippen LogP contribution is -2.29. The number of esters is 2. The van der Waals surface area contributed by atoms with Gasteiger partial charge in [0.15, 0.2) is 0 Å². The molecule has 0 saturated carbocycles. The van der Waals surface area contributed by atoms with E-state index in [1.54, 1.807) is 12.1 Å². The molecule has 4 atom stereocenters. The van der Waals surface area contributed by atoms with Crippen molar-refractivity contribution in [1.29, 1.82) is 0 Å². The van der Waals surface area contributed by atoms with Crippen LogP contribution in [-0.2, 0) is 23.7 Å². The summed E-state index contributed by atoms with van der Waals surface area (Å²) in [7, 11) is 0. The first-order chi connectivity index (χ1) is 21.8. The SMILES string of the molecule is CC(COC(=O)c1ccccc1-c1ccccc1)OCC(C)OCC(C)OCC(C)OC(=O)c1ccccc1-c1ccccc1. The summed E-state index contributed by atoms with van der Waals surface area (Å²) in [6, 6.07) is 34.3. The lowest BCUT2D eigenvalue weighted by molar-refractivity contribution is -0.0850. The number of rotatable bonds is 16. The molecule has 7 nitrogen and oxygen atoms in total. The third-order valence-corrected chi connectivity index (χ3v) is 7.07. The molecule has 0 radical (unpaired) electrons. The minimum atomic E-state index is -0.437. The maximum atomic E-state index is 12.9. The van der Waals surface area contributed by atoms with E-state index in [9.17, 15) is 9.59 Å². The van der Waals surface area contributed by atoms with Gasteiger partial charge in [0, 0.05) is 0 Å². The fourth-order valence-corrected chi connectivity index (χ4v) is 4.66. The zero-order valence-corrected chi connectivity index (χ0v) is 26.4. The summed E-state index contributed by atoms with van der Waals surface area (Å²) in [6.45, 7) is 8.53. The van der Waals surface area contributed by atoms with E-state index in [0.717, 1.165) is 22.3 Å². The molecule has 7 heteroatoms. The van der Waals surface area contributed by atoms with Crippen molar-refractivity contribution in [2.45, 2.75) is 52.1 Å². The average molecular weight is 611 g/mol. The van der Waals surface area contributed by atoms with Gasteiger partial charge in [0.2, 0.25) is 0 Å². The lowest BCUT2D eigenvalue weighted by atomic mass is 10.00. The van der Waals surface area contributed by atoms with Crippen LogP contribution in [-0.4, -0.2) is 62.8 Å². The van der Waals surface area contributed by atoms with Crippen molar-refractivity contribution >= 4 is 11.9 Å². The van der Waals surface area contributed by atoms with Gasteiger partial charge in [-0.1, -0.05) is 97.1 Å². The Morgan fingerprint density at radius 1 is 0.467 bits per heavy atom. The zero-order chi connectivity index (χ0) is 32.0. The third-order valence-electron chi connectivity index (χ3n) is 7.07. The smallest absolute Gasteiger partial charge is 0.339 e. The second-order valence-electron chi connectivity index (χ2n) is 11.1. The van der Waals surface area contributed by atoms with Crippen molar-refractivity contribution in [3.63, 3.8) is 0 Å². The van der Waals surface area contributed by atoms with Crippen LogP contribution < -0.4 is 0 Å². The standard InChI is InChI=1S/C38H42O7/c1-27(23-42-29(3)25-44-37(39)35-21-13-11-19-33(35)31-15-7-5-8-16-31)41-24-28(2)43-26-30(4)45-38(40)36-22-14-12-20-34(36)32-17-9-6-10-18-32/h5-22,27-30H,23-26H2,1-4H3. The van der Waals surface area contributed by atoms with Gasteiger partial charge in [0.05, 0.1) is 49.3 Å². The van der Waals surface area contributed by atoms with Crippen molar-refractivity contribution in [3.8, 4) is 22.3 Å². The largest absolute Gasteiger partial charge is 0.459 e. The summed E-state index contributed by atoms with van der Waals surface area (Å²) in [5.74, 6) is -0.777. The Bertz CT molecular complexity index is 1490. The molecule has 4 rings (SSSR count). The molecule has 4 aromatic carbocycles. The van der Waals surface area contributed by atoms with Crippen LogP contribution in [0.5, 0.6) is 0 Å². The predicted molar refractivity (Wildman–Crippen MR) is 175 cm³/mol.